The molecule has 5 heteroatoms. The van der Waals surface area contributed by atoms with Gasteiger partial charge in [-0.25, -0.2) is 0 Å². The number of hydrogen-bond acceptors (Lipinski definition) is 4. The molecular weight excluding hydrogens is 240 g/mol. The number of amides is 1. The van der Waals surface area contributed by atoms with E-state index < -0.39 is 0 Å². The van der Waals surface area contributed by atoms with Gasteiger partial charge < -0.3 is 15.5 Å². The summed E-state index contributed by atoms with van der Waals surface area (Å²) < 4.78 is 0. The van der Waals surface area contributed by atoms with Crippen molar-refractivity contribution in [1.29, 1.82) is 0 Å². The number of nitrogens with zero attached hydrogens (tertiary/aromatic N) is 2. The fourth-order valence-corrected chi connectivity index (χ4v) is 1.83. The maximum absolute atomic E-state index is 11.8. The van der Waals surface area contributed by atoms with Crippen molar-refractivity contribution in [2.75, 3.05) is 29.9 Å². The number of hydrogen-bond donors (Lipinski definition) is 2. The van der Waals surface area contributed by atoms with E-state index in [0.717, 1.165) is 24.5 Å². The summed E-state index contributed by atoms with van der Waals surface area (Å²) in [6.07, 6.45) is 3.57. The molecule has 1 aromatic rings. The molecule has 0 atom stereocenters. The molecule has 1 aromatic heterocycles. The molecule has 1 amide bonds. The quantitative estimate of drug-likeness (QED) is 0.789. The van der Waals surface area contributed by atoms with Crippen molar-refractivity contribution in [3.05, 3.63) is 18.5 Å². The zero-order valence-electron chi connectivity index (χ0n) is 12.2. The molecule has 0 aliphatic heterocycles. The van der Waals surface area contributed by atoms with Crippen molar-refractivity contribution in [2.24, 2.45) is 0 Å². The molecule has 0 saturated heterocycles. The van der Waals surface area contributed by atoms with Crippen LogP contribution < -0.4 is 15.5 Å². The number of pyridine rings is 1. The number of anilines is 2. The van der Waals surface area contributed by atoms with Gasteiger partial charge >= 0.3 is 0 Å². The molecule has 1 rings (SSSR count). The average Bonchev–Trinajstić information content (AvgIpc) is 2.36. The predicted octanol–water partition coefficient (Wildman–Crippen LogP) is 1.86. The fourth-order valence-electron chi connectivity index (χ4n) is 1.83. The Kier molecular flexibility index (Phi) is 6.12. The zero-order chi connectivity index (χ0) is 14.3. The number of carbonyl (C=O) groups is 1. The van der Waals surface area contributed by atoms with E-state index >= 15 is 0 Å². The lowest BCUT2D eigenvalue weighted by molar-refractivity contribution is -0.120. The van der Waals surface area contributed by atoms with Crippen LogP contribution in [0, 0.1) is 0 Å². The van der Waals surface area contributed by atoms with E-state index in [1.807, 2.05) is 38.7 Å². The Morgan fingerprint density at radius 1 is 1.37 bits per heavy atom. The number of likely N-dealkylation sites (N-methyl/N-ethyl adjacent to an activating group) is 1. The Morgan fingerprint density at radius 3 is 2.68 bits per heavy atom. The van der Waals surface area contributed by atoms with Gasteiger partial charge in [0.2, 0.25) is 5.91 Å². The second-order valence-electron chi connectivity index (χ2n) is 4.70. The normalized spacial score (nSPS) is 10.4. The molecule has 106 valence electrons. The summed E-state index contributed by atoms with van der Waals surface area (Å²) in [6, 6.07) is 2.18. The summed E-state index contributed by atoms with van der Waals surface area (Å²) in [4.78, 5) is 18.0. The smallest absolute Gasteiger partial charge is 0.239 e. The lowest BCUT2D eigenvalue weighted by atomic mass is 10.3. The Bertz CT molecular complexity index is 406. The largest absolute Gasteiger partial charge is 0.384 e. The van der Waals surface area contributed by atoms with Gasteiger partial charge in [0, 0.05) is 19.1 Å². The molecule has 2 N–H and O–H groups in total. The Hall–Kier alpha value is -1.78. The molecule has 0 saturated carbocycles. The molecule has 0 aromatic carbocycles. The first-order valence-electron chi connectivity index (χ1n) is 6.80. The number of rotatable bonds is 7. The minimum Gasteiger partial charge on any atom is -0.384 e. The van der Waals surface area contributed by atoms with E-state index in [4.69, 9.17) is 0 Å². The van der Waals surface area contributed by atoms with E-state index in [2.05, 4.69) is 15.6 Å². The van der Waals surface area contributed by atoms with Crippen molar-refractivity contribution in [3.63, 3.8) is 0 Å². The van der Waals surface area contributed by atoms with E-state index in [9.17, 15) is 4.79 Å². The Morgan fingerprint density at radius 2 is 2.11 bits per heavy atom. The summed E-state index contributed by atoms with van der Waals surface area (Å²) >= 11 is 0. The van der Waals surface area contributed by atoms with Gasteiger partial charge in [0.15, 0.2) is 0 Å². The standard InChI is InChI=1S/C14H24N4O/c1-5-16-12-7-13(9-15-8-12)18(6-2)10-14(19)17-11(3)4/h7-9,11,16H,5-6,10H2,1-4H3,(H,17,19). The molecule has 19 heavy (non-hydrogen) atoms. The van der Waals surface area contributed by atoms with Crippen molar-refractivity contribution in [2.45, 2.75) is 33.7 Å². The van der Waals surface area contributed by atoms with Gasteiger partial charge in [-0.15, -0.1) is 0 Å². The molecule has 0 fully saturated rings. The molecule has 0 aliphatic rings. The summed E-state index contributed by atoms with van der Waals surface area (Å²) in [7, 11) is 0. The SMILES string of the molecule is CCNc1cncc(N(CC)CC(=O)NC(C)C)c1. The van der Waals surface area contributed by atoms with Crippen molar-refractivity contribution in [3.8, 4) is 0 Å². The van der Waals surface area contributed by atoms with Gasteiger partial charge in [0.1, 0.15) is 0 Å². The number of nitrogens with one attached hydrogen (secondary N) is 2. The van der Waals surface area contributed by atoms with Crippen molar-refractivity contribution >= 4 is 17.3 Å². The maximum Gasteiger partial charge on any atom is 0.239 e. The van der Waals surface area contributed by atoms with Crippen LogP contribution in [0.4, 0.5) is 11.4 Å². The van der Waals surface area contributed by atoms with Gasteiger partial charge in [0.25, 0.3) is 0 Å². The van der Waals surface area contributed by atoms with Crippen molar-refractivity contribution < 1.29 is 4.79 Å². The minimum absolute atomic E-state index is 0.0331. The number of aromatic nitrogens is 1. The lowest BCUT2D eigenvalue weighted by Gasteiger charge is -2.23. The second-order valence-corrected chi connectivity index (χ2v) is 4.70. The molecule has 0 aliphatic carbocycles. The van der Waals surface area contributed by atoms with Gasteiger partial charge in [-0.3, -0.25) is 9.78 Å². The molecule has 0 radical (unpaired) electrons. The van der Waals surface area contributed by atoms with Crippen LogP contribution in [-0.2, 0) is 4.79 Å². The third-order valence-corrected chi connectivity index (χ3v) is 2.64. The van der Waals surface area contributed by atoms with Crippen LogP contribution in [0.3, 0.4) is 0 Å². The van der Waals surface area contributed by atoms with Crippen LogP contribution in [0.25, 0.3) is 0 Å². The highest BCUT2D eigenvalue weighted by atomic mass is 16.2. The van der Waals surface area contributed by atoms with Crippen LogP contribution in [-0.4, -0.2) is 36.6 Å². The molecule has 0 unspecified atom stereocenters. The summed E-state index contributed by atoms with van der Waals surface area (Å²) in [5.74, 6) is 0.0331. The van der Waals surface area contributed by atoms with Gasteiger partial charge in [-0.05, 0) is 33.8 Å². The minimum atomic E-state index is 0.0331. The van der Waals surface area contributed by atoms with Crippen LogP contribution >= 0.6 is 0 Å². The van der Waals surface area contributed by atoms with E-state index in [1.54, 1.807) is 12.4 Å². The first kappa shape index (κ1) is 15.3. The third kappa shape index (κ3) is 5.16. The van der Waals surface area contributed by atoms with Crippen molar-refractivity contribution in [1.82, 2.24) is 10.3 Å². The topological polar surface area (TPSA) is 57.3 Å². The van der Waals surface area contributed by atoms with Crippen LogP contribution in [0.15, 0.2) is 18.5 Å². The monoisotopic (exact) mass is 264 g/mol. The summed E-state index contributed by atoms with van der Waals surface area (Å²) in [5, 5.41) is 6.12. The molecule has 0 bridgehead atoms. The maximum atomic E-state index is 11.8. The van der Waals surface area contributed by atoms with Crippen LogP contribution in [0.5, 0.6) is 0 Å². The van der Waals surface area contributed by atoms with Gasteiger partial charge in [-0.1, -0.05) is 0 Å². The van der Waals surface area contributed by atoms with Crippen LogP contribution in [0.2, 0.25) is 0 Å². The first-order valence-corrected chi connectivity index (χ1v) is 6.80. The highest BCUT2D eigenvalue weighted by molar-refractivity contribution is 5.81. The average molecular weight is 264 g/mol. The highest BCUT2D eigenvalue weighted by Crippen LogP contribution is 2.17. The van der Waals surface area contributed by atoms with E-state index in [-0.39, 0.29) is 11.9 Å². The zero-order valence-corrected chi connectivity index (χ0v) is 12.2. The predicted molar refractivity (Wildman–Crippen MR) is 79.6 cm³/mol. The van der Waals surface area contributed by atoms with Crippen LogP contribution in [0.1, 0.15) is 27.7 Å². The third-order valence-electron chi connectivity index (χ3n) is 2.64. The summed E-state index contributed by atoms with van der Waals surface area (Å²) in [5.41, 5.74) is 1.93. The molecule has 1 heterocycles. The first-order chi connectivity index (χ1) is 9.06. The van der Waals surface area contributed by atoms with E-state index in [0.29, 0.717) is 6.54 Å². The Labute approximate surface area is 115 Å². The fraction of sp³-hybridized carbons (Fsp3) is 0.571. The number of carbonyl (C=O) groups excluding carboxylic acids is 1. The molecule has 0 spiro atoms. The highest BCUT2D eigenvalue weighted by Gasteiger charge is 2.11. The molecular formula is C14H24N4O. The molecule has 5 nitrogen and oxygen atoms in total. The second kappa shape index (κ2) is 7.61. The summed E-state index contributed by atoms with van der Waals surface area (Å²) in [6.45, 7) is 9.96. The Balaban J connectivity index is 2.73. The van der Waals surface area contributed by atoms with Gasteiger partial charge in [0.05, 0.1) is 30.3 Å². The van der Waals surface area contributed by atoms with E-state index in [1.165, 1.54) is 0 Å². The lowest BCUT2D eigenvalue weighted by Crippen LogP contribution is -2.40. The van der Waals surface area contributed by atoms with Gasteiger partial charge in [-0.2, -0.15) is 0 Å².